The Morgan fingerprint density at radius 1 is 1.04 bits per heavy atom. The number of halogens is 1. The maximum Gasteiger partial charge on any atom is 0.0567 e. The monoisotopic (exact) mass is 350 g/mol. The van der Waals surface area contributed by atoms with Gasteiger partial charge in [0.15, 0.2) is 0 Å². The summed E-state index contributed by atoms with van der Waals surface area (Å²) in [5.41, 5.74) is 8.90. The van der Waals surface area contributed by atoms with Crippen molar-refractivity contribution in [3.63, 3.8) is 0 Å². The number of fused-ring (bicyclic) bond motifs is 4. The largest absolute Gasteiger partial charge is 0.312 e. The van der Waals surface area contributed by atoms with Crippen LogP contribution in [0.25, 0.3) is 22.2 Å². The van der Waals surface area contributed by atoms with Crippen LogP contribution >= 0.6 is 12.4 Å². The van der Waals surface area contributed by atoms with E-state index in [1.54, 1.807) is 11.3 Å². The van der Waals surface area contributed by atoms with Crippen molar-refractivity contribution >= 4 is 34.6 Å². The molecule has 128 valence electrons. The van der Waals surface area contributed by atoms with Gasteiger partial charge >= 0.3 is 0 Å². The molecular formula is C22H23ClN2. The van der Waals surface area contributed by atoms with Gasteiger partial charge < -0.3 is 4.57 Å². The van der Waals surface area contributed by atoms with Gasteiger partial charge in [0.05, 0.1) is 11.2 Å². The first-order chi connectivity index (χ1) is 11.9. The van der Waals surface area contributed by atoms with Crippen molar-refractivity contribution in [1.29, 1.82) is 0 Å². The van der Waals surface area contributed by atoms with Gasteiger partial charge in [0.25, 0.3) is 0 Å². The van der Waals surface area contributed by atoms with E-state index in [9.17, 15) is 0 Å². The van der Waals surface area contributed by atoms with Crippen LogP contribution in [0.5, 0.6) is 0 Å². The third-order valence-corrected chi connectivity index (χ3v) is 6.53. The minimum atomic E-state index is 0. The molecule has 0 saturated heterocycles. The second kappa shape index (κ2) is 5.60. The summed E-state index contributed by atoms with van der Waals surface area (Å²) in [6.45, 7) is 0. The highest BCUT2D eigenvalue weighted by Gasteiger charge is 2.35. The molecule has 1 unspecified atom stereocenters. The molecule has 2 nitrogen and oxygen atoms in total. The molecule has 0 spiro atoms. The zero-order valence-corrected chi connectivity index (χ0v) is 15.2. The number of rotatable bonds is 1. The van der Waals surface area contributed by atoms with Crippen LogP contribution in [0.1, 0.15) is 49.8 Å². The quantitative estimate of drug-likeness (QED) is 0.637. The predicted molar refractivity (Wildman–Crippen MR) is 106 cm³/mol. The van der Waals surface area contributed by atoms with E-state index in [-0.39, 0.29) is 12.4 Å². The minimum absolute atomic E-state index is 0. The Morgan fingerprint density at radius 3 is 2.84 bits per heavy atom. The number of aromatic nitrogens is 2. The van der Waals surface area contributed by atoms with Crippen LogP contribution in [0, 0.1) is 11.8 Å². The van der Waals surface area contributed by atoms with Gasteiger partial charge in [-0.2, -0.15) is 0 Å². The lowest BCUT2D eigenvalue weighted by atomic mass is 9.83. The van der Waals surface area contributed by atoms with Crippen LogP contribution in [-0.2, 0) is 6.42 Å². The predicted octanol–water partition coefficient (Wildman–Crippen LogP) is 5.78. The van der Waals surface area contributed by atoms with Gasteiger partial charge in [-0.3, -0.25) is 4.98 Å². The van der Waals surface area contributed by atoms with Gasteiger partial charge in [-0.15, -0.1) is 12.4 Å². The Morgan fingerprint density at radius 2 is 1.96 bits per heavy atom. The summed E-state index contributed by atoms with van der Waals surface area (Å²) in [7, 11) is 0. The number of nitrogens with zero attached hydrogens (tertiary/aromatic N) is 2. The molecule has 6 rings (SSSR count). The van der Waals surface area contributed by atoms with E-state index < -0.39 is 0 Å². The molecule has 1 atom stereocenters. The first-order valence-corrected chi connectivity index (χ1v) is 9.48. The fraction of sp³-hybridized carbons (Fsp3) is 0.409. The van der Waals surface area contributed by atoms with Gasteiger partial charge in [-0.25, -0.2) is 0 Å². The topological polar surface area (TPSA) is 17.8 Å². The Kier molecular flexibility index (Phi) is 3.46. The SMILES string of the molecule is C1=CC2=C(CCC(C3CC3)C2)n2c3c(c4cnccc42)CCC=C13.Cl. The van der Waals surface area contributed by atoms with Gasteiger partial charge in [0.1, 0.15) is 0 Å². The van der Waals surface area contributed by atoms with Crippen molar-refractivity contribution < 1.29 is 0 Å². The van der Waals surface area contributed by atoms with Crippen molar-refractivity contribution in [2.24, 2.45) is 11.8 Å². The Balaban J connectivity index is 0.00000140. The van der Waals surface area contributed by atoms with Crippen molar-refractivity contribution in [1.82, 2.24) is 9.55 Å². The van der Waals surface area contributed by atoms with Gasteiger partial charge in [-0.1, -0.05) is 18.2 Å². The summed E-state index contributed by atoms with van der Waals surface area (Å²) in [5.74, 6) is 1.94. The number of allylic oxidation sites excluding steroid dienone is 6. The van der Waals surface area contributed by atoms with Crippen LogP contribution in [0.15, 0.2) is 42.3 Å². The summed E-state index contributed by atoms with van der Waals surface area (Å²) in [4.78, 5) is 4.42. The molecule has 3 aliphatic carbocycles. The van der Waals surface area contributed by atoms with E-state index in [4.69, 9.17) is 0 Å². The van der Waals surface area contributed by atoms with Gasteiger partial charge in [0.2, 0.25) is 0 Å². The third kappa shape index (κ3) is 2.20. The van der Waals surface area contributed by atoms with E-state index in [0.717, 1.165) is 24.7 Å². The number of pyridine rings is 1. The summed E-state index contributed by atoms with van der Waals surface area (Å²) >= 11 is 0. The molecule has 2 aromatic rings. The first kappa shape index (κ1) is 15.5. The number of hydrogen-bond donors (Lipinski definition) is 0. The molecule has 0 bridgehead atoms. The van der Waals surface area contributed by atoms with Crippen molar-refractivity contribution in [3.8, 4) is 0 Å². The maximum absolute atomic E-state index is 4.42. The smallest absolute Gasteiger partial charge is 0.0567 e. The van der Waals surface area contributed by atoms with Crippen LogP contribution in [0.4, 0.5) is 0 Å². The highest BCUT2D eigenvalue weighted by atomic mass is 35.5. The van der Waals surface area contributed by atoms with Crippen LogP contribution in [0.2, 0.25) is 0 Å². The Hall–Kier alpha value is -1.80. The average Bonchev–Trinajstić information content (AvgIpc) is 3.43. The average molecular weight is 351 g/mol. The van der Waals surface area contributed by atoms with Crippen LogP contribution in [-0.4, -0.2) is 9.55 Å². The zero-order chi connectivity index (χ0) is 15.7. The molecule has 1 aliphatic heterocycles. The van der Waals surface area contributed by atoms with Gasteiger partial charge in [-0.05, 0) is 79.6 Å². The Labute approximate surface area is 154 Å². The van der Waals surface area contributed by atoms with Crippen molar-refractivity contribution in [2.45, 2.75) is 44.9 Å². The molecule has 4 aliphatic rings. The molecule has 0 N–H and O–H groups in total. The summed E-state index contributed by atoms with van der Waals surface area (Å²) < 4.78 is 2.59. The standard InChI is InChI=1S/C22H22N2.ClH/c1-2-15-6-7-17-12-16(14-4-5-14)8-9-20(17)24-21-10-11-23-13-19(21)18(3-1)22(15)24;/h2,6-7,10-11,13-14,16H,1,3-5,8-9,12H2;1H. The molecule has 1 saturated carbocycles. The van der Waals surface area contributed by atoms with E-state index >= 15 is 0 Å². The fourth-order valence-corrected chi connectivity index (χ4v) is 5.22. The second-order valence-corrected chi connectivity index (χ2v) is 7.90. The summed E-state index contributed by atoms with van der Waals surface area (Å²) in [6, 6.07) is 2.22. The number of aryl methyl sites for hydroxylation is 1. The van der Waals surface area contributed by atoms with Crippen LogP contribution in [0.3, 0.4) is 0 Å². The molecule has 3 heteroatoms. The second-order valence-electron chi connectivity index (χ2n) is 7.90. The lowest BCUT2D eigenvalue weighted by Crippen LogP contribution is -2.14. The molecule has 0 radical (unpaired) electrons. The highest BCUT2D eigenvalue weighted by molar-refractivity contribution is 5.96. The maximum atomic E-state index is 4.42. The molecule has 25 heavy (non-hydrogen) atoms. The molecule has 3 heterocycles. The summed E-state index contributed by atoms with van der Waals surface area (Å²) in [6.07, 6.45) is 20.4. The first-order valence-electron chi connectivity index (χ1n) is 9.48. The van der Waals surface area contributed by atoms with Crippen molar-refractivity contribution in [2.75, 3.05) is 0 Å². The molecule has 0 amide bonds. The van der Waals surface area contributed by atoms with E-state index in [1.807, 2.05) is 6.20 Å². The lowest BCUT2D eigenvalue weighted by Gasteiger charge is -2.27. The van der Waals surface area contributed by atoms with Gasteiger partial charge in [0, 0.05) is 23.5 Å². The number of hydrogen-bond acceptors (Lipinski definition) is 1. The van der Waals surface area contributed by atoms with E-state index in [2.05, 4.69) is 40.0 Å². The molecule has 2 aromatic heterocycles. The highest BCUT2D eigenvalue weighted by Crippen LogP contribution is 2.49. The lowest BCUT2D eigenvalue weighted by molar-refractivity contribution is 0.417. The molecule has 0 aromatic carbocycles. The Bertz CT molecular complexity index is 956. The minimum Gasteiger partial charge on any atom is -0.312 e. The molecule has 1 fully saturated rings. The molecular weight excluding hydrogens is 328 g/mol. The van der Waals surface area contributed by atoms with E-state index in [1.165, 1.54) is 59.8 Å². The zero-order valence-electron chi connectivity index (χ0n) is 14.4. The van der Waals surface area contributed by atoms with E-state index in [0.29, 0.717) is 0 Å². The summed E-state index contributed by atoms with van der Waals surface area (Å²) in [5, 5.41) is 1.37. The fourth-order valence-electron chi connectivity index (χ4n) is 5.22. The van der Waals surface area contributed by atoms with Crippen molar-refractivity contribution in [3.05, 3.63) is 53.5 Å². The third-order valence-electron chi connectivity index (χ3n) is 6.53. The van der Waals surface area contributed by atoms with Crippen LogP contribution < -0.4 is 0 Å². The normalized spacial score (nSPS) is 24.3.